The van der Waals surface area contributed by atoms with Gasteiger partial charge in [-0.05, 0) is 6.92 Å². The molecule has 0 aromatic carbocycles. The molecule has 1 rings (SSSR count). The predicted octanol–water partition coefficient (Wildman–Crippen LogP) is 1.04. The van der Waals surface area contributed by atoms with Crippen molar-refractivity contribution in [1.82, 2.24) is 5.32 Å². The van der Waals surface area contributed by atoms with Crippen molar-refractivity contribution < 1.29 is 0 Å². The van der Waals surface area contributed by atoms with E-state index >= 15 is 0 Å². The molecule has 2 nitrogen and oxygen atoms in total. The van der Waals surface area contributed by atoms with Gasteiger partial charge in [-0.2, -0.15) is 0 Å². The summed E-state index contributed by atoms with van der Waals surface area (Å²) in [6.07, 6.45) is 3.45. The molecular weight excluding hydrogens is 100 g/mol. The van der Waals surface area contributed by atoms with Crippen LogP contribution >= 0.6 is 0 Å². The fourth-order valence-corrected chi connectivity index (χ4v) is 0.557. The number of hydrogen-bond acceptors (Lipinski definition) is 2. The molecule has 0 saturated carbocycles. The fraction of sp³-hybridized carbons (Fsp3) is 0.167. The molecule has 1 aliphatic rings. The molecule has 0 spiro atoms. The highest BCUT2D eigenvalue weighted by Crippen LogP contribution is 1.95. The number of aliphatic imine (C=N–C) groups is 1. The lowest BCUT2D eigenvalue weighted by Gasteiger charge is -2.06. The summed E-state index contributed by atoms with van der Waals surface area (Å²) in [5, 5.41) is 3.00. The van der Waals surface area contributed by atoms with Gasteiger partial charge in [0.05, 0.1) is 0 Å². The van der Waals surface area contributed by atoms with E-state index in [0.717, 1.165) is 11.4 Å². The van der Waals surface area contributed by atoms with Crippen molar-refractivity contribution in [2.24, 2.45) is 4.99 Å². The Hall–Kier alpha value is -1.05. The minimum atomic E-state index is 0.852. The number of rotatable bonds is 0. The van der Waals surface area contributed by atoms with E-state index in [2.05, 4.69) is 16.9 Å². The second kappa shape index (κ2) is 1.82. The molecule has 0 aromatic rings. The Bertz CT molecular complexity index is 165. The Morgan fingerprint density at radius 3 is 2.88 bits per heavy atom. The van der Waals surface area contributed by atoms with E-state index in [4.69, 9.17) is 0 Å². The maximum atomic E-state index is 3.89. The van der Waals surface area contributed by atoms with Gasteiger partial charge in [0.25, 0.3) is 0 Å². The van der Waals surface area contributed by atoms with Crippen LogP contribution in [0, 0.1) is 0 Å². The van der Waals surface area contributed by atoms with E-state index in [1.54, 1.807) is 12.4 Å². The molecule has 0 atom stereocenters. The average molecular weight is 108 g/mol. The zero-order valence-corrected chi connectivity index (χ0v) is 4.81. The van der Waals surface area contributed by atoms with Crippen molar-refractivity contribution in [2.75, 3.05) is 0 Å². The van der Waals surface area contributed by atoms with Crippen LogP contribution < -0.4 is 5.32 Å². The molecule has 0 unspecified atom stereocenters. The normalized spacial score (nSPS) is 17.6. The van der Waals surface area contributed by atoms with Crippen LogP contribution in [0.3, 0.4) is 0 Å². The highest BCUT2D eigenvalue weighted by molar-refractivity contribution is 5.78. The third-order valence-electron chi connectivity index (χ3n) is 0.856. The largest absolute Gasteiger partial charge is 0.357 e. The number of nitrogens with one attached hydrogen (secondary N) is 1. The fourth-order valence-electron chi connectivity index (χ4n) is 0.557. The molecule has 0 amide bonds. The van der Waals surface area contributed by atoms with Gasteiger partial charge in [-0.1, -0.05) is 6.58 Å². The van der Waals surface area contributed by atoms with E-state index in [1.807, 2.05) is 6.92 Å². The molecule has 8 heavy (non-hydrogen) atoms. The summed E-state index contributed by atoms with van der Waals surface area (Å²) in [7, 11) is 0. The van der Waals surface area contributed by atoms with Gasteiger partial charge in [0.15, 0.2) is 0 Å². The number of nitrogens with zero attached hydrogens (tertiary/aromatic N) is 1. The van der Waals surface area contributed by atoms with Gasteiger partial charge < -0.3 is 5.32 Å². The molecule has 0 bridgehead atoms. The Morgan fingerprint density at radius 2 is 2.50 bits per heavy atom. The molecule has 0 fully saturated rings. The van der Waals surface area contributed by atoms with Gasteiger partial charge in [-0.3, -0.25) is 4.99 Å². The quantitative estimate of drug-likeness (QED) is 0.492. The Labute approximate surface area is 48.6 Å². The monoisotopic (exact) mass is 108 g/mol. The van der Waals surface area contributed by atoms with Gasteiger partial charge in [0, 0.05) is 23.8 Å². The summed E-state index contributed by atoms with van der Waals surface area (Å²) in [6.45, 7) is 5.61. The molecule has 0 saturated heterocycles. The molecule has 2 heteroatoms. The van der Waals surface area contributed by atoms with E-state index in [1.165, 1.54) is 0 Å². The van der Waals surface area contributed by atoms with Crippen LogP contribution in [0.25, 0.3) is 0 Å². The minimum Gasteiger partial charge on any atom is -0.357 e. The lowest BCUT2D eigenvalue weighted by molar-refractivity contribution is 1.00. The summed E-state index contributed by atoms with van der Waals surface area (Å²) in [6, 6.07) is 0. The molecule has 0 aromatic heterocycles. The SMILES string of the molecule is C=C1C=NC=C(C)N1. The summed E-state index contributed by atoms with van der Waals surface area (Å²) < 4.78 is 0. The van der Waals surface area contributed by atoms with E-state index in [0.29, 0.717) is 0 Å². The molecule has 0 radical (unpaired) electrons. The van der Waals surface area contributed by atoms with Crippen LogP contribution in [-0.2, 0) is 0 Å². The Balaban J connectivity index is 2.73. The first-order valence-electron chi connectivity index (χ1n) is 2.45. The number of allylic oxidation sites excluding steroid dienone is 2. The highest BCUT2D eigenvalue weighted by atomic mass is 14.9. The van der Waals surface area contributed by atoms with Gasteiger partial charge in [0.2, 0.25) is 0 Å². The first kappa shape index (κ1) is 5.09. The van der Waals surface area contributed by atoms with E-state index in [-0.39, 0.29) is 0 Å². The van der Waals surface area contributed by atoms with Crippen molar-refractivity contribution in [2.45, 2.75) is 6.92 Å². The Kier molecular flexibility index (Phi) is 1.16. The van der Waals surface area contributed by atoms with Crippen molar-refractivity contribution in [3.8, 4) is 0 Å². The van der Waals surface area contributed by atoms with Crippen molar-refractivity contribution in [1.29, 1.82) is 0 Å². The van der Waals surface area contributed by atoms with Crippen molar-refractivity contribution >= 4 is 6.21 Å². The van der Waals surface area contributed by atoms with Crippen molar-refractivity contribution in [3.05, 3.63) is 24.2 Å². The second-order valence-electron chi connectivity index (χ2n) is 1.74. The molecule has 1 aliphatic heterocycles. The number of hydrogen-bond donors (Lipinski definition) is 1. The Morgan fingerprint density at radius 1 is 1.75 bits per heavy atom. The van der Waals surface area contributed by atoms with Crippen LogP contribution in [0.4, 0.5) is 0 Å². The summed E-state index contributed by atoms with van der Waals surface area (Å²) in [4.78, 5) is 3.89. The molecule has 42 valence electrons. The average Bonchev–Trinajstić information content (AvgIpc) is 1.64. The van der Waals surface area contributed by atoms with Gasteiger partial charge >= 0.3 is 0 Å². The zero-order chi connectivity index (χ0) is 5.98. The predicted molar refractivity (Wildman–Crippen MR) is 34.5 cm³/mol. The third-order valence-corrected chi connectivity index (χ3v) is 0.856. The van der Waals surface area contributed by atoms with Crippen LogP contribution in [0.5, 0.6) is 0 Å². The smallest absolute Gasteiger partial charge is 0.0497 e. The van der Waals surface area contributed by atoms with Crippen LogP contribution in [-0.4, -0.2) is 6.21 Å². The molecule has 1 heterocycles. The molecule has 0 aliphatic carbocycles. The lowest BCUT2D eigenvalue weighted by Crippen LogP contribution is -2.12. The van der Waals surface area contributed by atoms with E-state index in [9.17, 15) is 0 Å². The zero-order valence-electron chi connectivity index (χ0n) is 4.81. The van der Waals surface area contributed by atoms with Crippen LogP contribution in [0.2, 0.25) is 0 Å². The minimum absolute atomic E-state index is 0.852. The highest BCUT2D eigenvalue weighted by Gasteiger charge is 1.92. The van der Waals surface area contributed by atoms with Gasteiger partial charge in [0.1, 0.15) is 0 Å². The first-order chi connectivity index (χ1) is 3.79. The first-order valence-corrected chi connectivity index (χ1v) is 2.45. The second-order valence-corrected chi connectivity index (χ2v) is 1.74. The van der Waals surface area contributed by atoms with Gasteiger partial charge in [-0.15, -0.1) is 0 Å². The lowest BCUT2D eigenvalue weighted by atomic mass is 10.4. The van der Waals surface area contributed by atoms with Crippen molar-refractivity contribution in [3.63, 3.8) is 0 Å². The third kappa shape index (κ3) is 0.964. The summed E-state index contributed by atoms with van der Waals surface area (Å²) >= 11 is 0. The maximum Gasteiger partial charge on any atom is 0.0497 e. The summed E-state index contributed by atoms with van der Waals surface area (Å²) in [5.74, 6) is 0. The van der Waals surface area contributed by atoms with Crippen LogP contribution in [0.1, 0.15) is 6.92 Å². The van der Waals surface area contributed by atoms with E-state index < -0.39 is 0 Å². The topological polar surface area (TPSA) is 24.4 Å². The maximum absolute atomic E-state index is 3.89. The standard InChI is InChI=1S/C6H8N2/c1-5-3-7-4-6(2)8-5/h3-4,8H,1H2,2H3. The van der Waals surface area contributed by atoms with Crippen LogP contribution in [0.15, 0.2) is 29.2 Å². The van der Waals surface area contributed by atoms with Gasteiger partial charge in [-0.25, -0.2) is 0 Å². The summed E-state index contributed by atoms with van der Waals surface area (Å²) in [5.41, 5.74) is 1.89. The molecular formula is C6H8N2. The molecule has 1 N–H and O–H groups in total.